The van der Waals surface area contributed by atoms with Crippen LogP contribution in [0.1, 0.15) is 104 Å². The number of halogens is 3. The Bertz CT molecular complexity index is 1710. The minimum Gasteiger partial charge on any atom is -0.512 e. The van der Waals surface area contributed by atoms with Gasteiger partial charge in [0.1, 0.15) is 6.33 Å². The van der Waals surface area contributed by atoms with Gasteiger partial charge in [0.2, 0.25) is 0 Å². The predicted octanol–water partition coefficient (Wildman–Crippen LogP) is 11.9. The zero-order valence-electron chi connectivity index (χ0n) is 29.9. The van der Waals surface area contributed by atoms with Crippen molar-refractivity contribution in [2.24, 2.45) is 17.3 Å². The van der Waals surface area contributed by atoms with Gasteiger partial charge in [0.05, 0.1) is 16.7 Å². The molecule has 1 N–H and O–H groups in total. The molecule has 0 aliphatic carbocycles. The van der Waals surface area contributed by atoms with Gasteiger partial charge in [-0.15, -0.1) is 40.5 Å². The number of carbonyl (C=O) groups excluding carboxylic acids is 1. The fraction of sp³-hybridized carbons (Fsp3) is 0.513. The Kier molecular flexibility index (Phi) is 14.6. The zero-order chi connectivity index (χ0) is 35.3. The predicted molar refractivity (Wildman–Crippen MR) is 190 cm³/mol. The third-order valence-corrected chi connectivity index (χ3v) is 10.4. The Morgan fingerprint density at radius 2 is 1.54 bits per heavy atom. The van der Waals surface area contributed by atoms with Gasteiger partial charge in [-0.3, -0.25) is 9.78 Å². The van der Waals surface area contributed by atoms with Gasteiger partial charge in [-0.05, 0) is 50.0 Å². The van der Waals surface area contributed by atoms with E-state index in [1.165, 1.54) is 43.2 Å². The van der Waals surface area contributed by atoms with Crippen molar-refractivity contribution in [3.63, 3.8) is 0 Å². The number of hydrogen-bond donors (Lipinski definition) is 1. The van der Waals surface area contributed by atoms with Gasteiger partial charge in [0.25, 0.3) is 0 Å². The molecule has 0 bridgehead atoms. The van der Waals surface area contributed by atoms with Crippen molar-refractivity contribution in [2.75, 3.05) is 0 Å². The molecule has 4 aromatic rings. The molecule has 2 heterocycles. The first-order valence-electron chi connectivity index (χ1n) is 16.6. The molecule has 4 rings (SSSR count). The number of aryl methyl sites for hydroxylation is 1. The SMILES string of the molecule is CCC(CC)C(=O)/C=C(\O)C(CC)CC.Cc1c(CC(C)(C)C(F)(F)F)sc2c(-c3[c-]c4ccccc4c(C(C)(C)C)c3)ncnc12.[Ir]. The van der Waals surface area contributed by atoms with Crippen LogP contribution in [0.4, 0.5) is 13.2 Å². The van der Waals surface area contributed by atoms with Crippen LogP contribution in [0.5, 0.6) is 0 Å². The topological polar surface area (TPSA) is 63.1 Å². The van der Waals surface area contributed by atoms with Crippen LogP contribution in [0.3, 0.4) is 0 Å². The molecule has 9 heteroatoms. The van der Waals surface area contributed by atoms with Crippen molar-refractivity contribution in [1.29, 1.82) is 0 Å². The van der Waals surface area contributed by atoms with Crippen LogP contribution in [0.25, 0.3) is 32.2 Å². The summed E-state index contributed by atoms with van der Waals surface area (Å²) in [6.07, 6.45) is 2.04. The maximum atomic E-state index is 13.5. The first-order chi connectivity index (χ1) is 21.9. The largest absolute Gasteiger partial charge is 0.512 e. The number of rotatable bonds is 10. The second-order valence-corrected chi connectivity index (χ2v) is 15.1. The minimum absolute atomic E-state index is 0. The standard InChI is InChI=1S/C26H26F3N2S.C13H24O2.Ir/c1-15-20(13-25(5,6)26(27,28)29)32-23-21(15)30-14-31-22(23)17-11-16-9-7-8-10-18(16)19(12-17)24(2,3)4;1-5-10(6-2)12(14)9-13(15)11(7-3)8-4;/h7-10,12,14H,13H2,1-6H3;9-11,14H,5-8H2,1-4H3;/q-1;;/b;12-9-;. The molecule has 0 saturated heterocycles. The number of allylic oxidation sites excluding steroid dienone is 2. The van der Waals surface area contributed by atoms with Gasteiger partial charge in [-0.25, -0.2) is 4.98 Å². The summed E-state index contributed by atoms with van der Waals surface area (Å²) in [5.74, 6) is 0.547. The number of nitrogens with zero attached hydrogens (tertiary/aromatic N) is 2. The van der Waals surface area contributed by atoms with Crippen molar-refractivity contribution in [2.45, 2.75) is 113 Å². The number of fused-ring (bicyclic) bond motifs is 2. The van der Waals surface area contributed by atoms with Crippen LogP contribution in [0.15, 0.2) is 48.5 Å². The maximum absolute atomic E-state index is 13.5. The molecule has 0 saturated carbocycles. The van der Waals surface area contributed by atoms with E-state index in [2.05, 4.69) is 48.9 Å². The summed E-state index contributed by atoms with van der Waals surface area (Å²) < 4.78 is 41.4. The fourth-order valence-corrected chi connectivity index (χ4v) is 7.18. The van der Waals surface area contributed by atoms with E-state index in [0.29, 0.717) is 10.4 Å². The second kappa shape index (κ2) is 16.9. The smallest absolute Gasteiger partial charge is 0.394 e. The number of ketones is 1. The van der Waals surface area contributed by atoms with Crippen LogP contribution in [-0.4, -0.2) is 27.0 Å². The Morgan fingerprint density at radius 3 is 2.08 bits per heavy atom. The molecule has 0 spiro atoms. The molecule has 265 valence electrons. The van der Waals surface area contributed by atoms with Crippen LogP contribution in [0.2, 0.25) is 0 Å². The third kappa shape index (κ3) is 9.54. The molecular weight excluding hydrogens is 810 g/mol. The number of thiophene rings is 1. The Morgan fingerprint density at radius 1 is 0.958 bits per heavy atom. The monoisotopic (exact) mass is 860 g/mol. The van der Waals surface area contributed by atoms with Gasteiger partial charge in [0.15, 0.2) is 5.78 Å². The summed E-state index contributed by atoms with van der Waals surface area (Å²) in [5.41, 5.74) is 2.33. The summed E-state index contributed by atoms with van der Waals surface area (Å²) in [6.45, 7) is 18.9. The zero-order valence-corrected chi connectivity index (χ0v) is 33.1. The number of hydrogen-bond acceptors (Lipinski definition) is 5. The first-order valence-corrected chi connectivity index (χ1v) is 17.4. The maximum Gasteiger partial charge on any atom is 0.394 e. The van der Waals surface area contributed by atoms with E-state index in [1.807, 2.05) is 52.8 Å². The van der Waals surface area contributed by atoms with E-state index in [1.54, 1.807) is 0 Å². The van der Waals surface area contributed by atoms with Crippen LogP contribution >= 0.6 is 11.3 Å². The van der Waals surface area contributed by atoms with Gasteiger partial charge in [0, 0.05) is 53.3 Å². The molecule has 0 fully saturated rings. The Hall–Kier alpha value is -2.61. The second-order valence-electron chi connectivity index (χ2n) is 14.0. The van der Waals surface area contributed by atoms with Crippen molar-refractivity contribution >= 4 is 38.1 Å². The number of aliphatic hydroxyl groups is 1. The summed E-state index contributed by atoms with van der Waals surface area (Å²) in [7, 11) is 0. The molecule has 4 nitrogen and oxygen atoms in total. The molecule has 48 heavy (non-hydrogen) atoms. The van der Waals surface area contributed by atoms with Gasteiger partial charge in [-0.2, -0.15) is 13.2 Å². The van der Waals surface area contributed by atoms with E-state index in [9.17, 15) is 23.1 Å². The quantitative estimate of drug-likeness (QED) is 0.0980. The summed E-state index contributed by atoms with van der Waals surface area (Å²) in [4.78, 5) is 21.4. The number of aromatic nitrogens is 2. The number of carbonyl (C=O) groups is 1. The average Bonchev–Trinajstić information content (AvgIpc) is 3.31. The number of alkyl halides is 3. The first kappa shape index (κ1) is 41.6. The van der Waals surface area contributed by atoms with Crippen molar-refractivity contribution in [3.05, 3.63) is 70.6 Å². The minimum atomic E-state index is -4.28. The molecule has 2 aromatic carbocycles. The van der Waals surface area contributed by atoms with Crippen LogP contribution < -0.4 is 0 Å². The molecule has 0 unspecified atom stereocenters. The third-order valence-electron chi connectivity index (χ3n) is 9.09. The van der Waals surface area contributed by atoms with Crippen LogP contribution in [0, 0.1) is 30.2 Å². The Balaban J connectivity index is 0.000000427. The summed E-state index contributed by atoms with van der Waals surface area (Å²) in [6, 6.07) is 13.7. The van der Waals surface area contributed by atoms with E-state index >= 15 is 0 Å². The summed E-state index contributed by atoms with van der Waals surface area (Å²) >= 11 is 1.36. The van der Waals surface area contributed by atoms with E-state index < -0.39 is 11.6 Å². The van der Waals surface area contributed by atoms with Crippen molar-refractivity contribution in [1.82, 2.24) is 9.97 Å². The van der Waals surface area contributed by atoms with Crippen LogP contribution in [-0.2, 0) is 36.7 Å². The van der Waals surface area contributed by atoms with E-state index in [4.69, 9.17) is 0 Å². The van der Waals surface area contributed by atoms with E-state index in [0.717, 1.165) is 58.0 Å². The molecule has 0 amide bonds. The summed E-state index contributed by atoms with van der Waals surface area (Å²) in [5, 5.41) is 11.9. The Labute approximate surface area is 302 Å². The number of benzene rings is 2. The van der Waals surface area contributed by atoms with Gasteiger partial charge < -0.3 is 5.11 Å². The van der Waals surface area contributed by atoms with Crippen molar-refractivity contribution < 1.29 is 43.2 Å². The van der Waals surface area contributed by atoms with Gasteiger partial charge >= 0.3 is 6.18 Å². The average molecular weight is 860 g/mol. The molecule has 0 atom stereocenters. The molecule has 2 aromatic heterocycles. The fourth-order valence-electron chi connectivity index (χ4n) is 5.69. The molecule has 1 radical (unpaired) electrons. The van der Waals surface area contributed by atoms with Crippen molar-refractivity contribution in [3.8, 4) is 11.3 Å². The molecule has 0 aliphatic heterocycles. The molecule has 0 aliphatic rings. The van der Waals surface area contributed by atoms with Gasteiger partial charge in [-0.1, -0.05) is 91.5 Å². The van der Waals surface area contributed by atoms with E-state index in [-0.39, 0.29) is 55.3 Å². The number of aliphatic hydroxyl groups excluding tert-OH is 1. The normalized spacial score (nSPS) is 12.8. The molecular formula is C39H50F3IrN2O2S-.